The molecule has 0 aliphatic heterocycles. The molecule has 5 N–H and O–H groups in total. The second-order valence-corrected chi connectivity index (χ2v) is 7.18. The highest BCUT2D eigenvalue weighted by molar-refractivity contribution is 6.00. The van der Waals surface area contributed by atoms with Crippen LogP contribution in [0.25, 0.3) is 11.0 Å². The zero-order chi connectivity index (χ0) is 22.5. The van der Waals surface area contributed by atoms with E-state index in [1.807, 2.05) is 60.7 Å². The molecule has 0 saturated heterocycles. The lowest BCUT2D eigenvalue weighted by Gasteiger charge is -2.11. The van der Waals surface area contributed by atoms with Crippen molar-refractivity contribution in [1.29, 1.82) is 0 Å². The Bertz CT molecular complexity index is 1400. The van der Waals surface area contributed by atoms with Crippen LogP contribution in [-0.4, -0.2) is 26.0 Å². The number of hydrogen-bond acceptors (Lipinski definition) is 6. The Hall–Kier alpha value is -4.92. The van der Waals surface area contributed by atoms with E-state index < -0.39 is 0 Å². The highest BCUT2D eigenvalue weighted by Crippen LogP contribution is 2.22. The van der Waals surface area contributed by atoms with E-state index >= 15 is 0 Å². The van der Waals surface area contributed by atoms with Gasteiger partial charge in [-0.05, 0) is 54.6 Å². The van der Waals surface area contributed by atoms with E-state index in [1.54, 1.807) is 30.7 Å². The van der Waals surface area contributed by atoms with Crippen LogP contribution < -0.4 is 21.3 Å². The standard InChI is InChI=1S/C24H20N8O/c33-24(30-16-5-2-1-3-6-16)31-18-8-4-7-17(13-18)29-23-25-12-11-22(32-23)28-19-9-10-20-21(14-19)27-15-26-20/h1-15H,(H,26,27)(H2,30,31,33)(H2,25,28,29,32). The number of carbonyl (C=O) groups is 1. The van der Waals surface area contributed by atoms with Gasteiger partial charge in [0, 0.05) is 28.9 Å². The Kier molecular flexibility index (Phi) is 5.50. The van der Waals surface area contributed by atoms with E-state index in [2.05, 4.69) is 41.2 Å². The van der Waals surface area contributed by atoms with Crippen molar-refractivity contribution in [2.24, 2.45) is 0 Å². The summed E-state index contributed by atoms with van der Waals surface area (Å²) in [7, 11) is 0. The number of aromatic amines is 1. The minimum Gasteiger partial charge on any atom is -0.345 e. The van der Waals surface area contributed by atoms with Gasteiger partial charge in [0.05, 0.1) is 17.4 Å². The maximum atomic E-state index is 12.3. The van der Waals surface area contributed by atoms with Gasteiger partial charge in [-0.1, -0.05) is 24.3 Å². The molecule has 9 nitrogen and oxygen atoms in total. The second kappa shape index (κ2) is 9.06. The fraction of sp³-hybridized carbons (Fsp3) is 0. The number of nitrogens with one attached hydrogen (secondary N) is 5. The topological polar surface area (TPSA) is 120 Å². The normalized spacial score (nSPS) is 10.5. The SMILES string of the molecule is O=C(Nc1ccccc1)Nc1cccc(Nc2nccc(Nc3ccc4nc[nH]c4c3)n2)c1. The van der Waals surface area contributed by atoms with Crippen LogP contribution in [0.4, 0.5) is 39.3 Å². The summed E-state index contributed by atoms with van der Waals surface area (Å²) in [5.74, 6) is 1.07. The number of imidazole rings is 1. The van der Waals surface area contributed by atoms with Crippen molar-refractivity contribution >= 4 is 51.6 Å². The summed E-state index contributed by atoms with van der Waals surface area (Å²) < 4.78 is 0. The number of amides is 2. The number of nitrogens with zero attached hydrogens (tertiary/aromatic N) is 3. The van der Waals surface area contributed by atoms with E-state index in [0.717, 1.165) is 22.4 Å². The van der Waals surface area contributed by atoms with Gasteiger partial charge in [-0.2, -0.15) is 4.98 Å². The molecule has 0 unspecified atom stereocenters. The number of benzene rings is 3. The van der Waals surface area contributed by atoms with Crippen molar-refractivity contribution in [3.8, 4) is 0 Å². The number of carbonyl (C=O) groups excluding carboxylic acids is 1. The van der Waals surface area contributed by atoms with Gasteiger partial charge in [-0.25, -0.2) is 14.8 Å². The molecule has 0 fully saturated rings. The van der Waals surface area contributed by atoms with Crippen molar-refractivity contribution in [2.75, 3.05) is 21.3 Å². The monoisotopic (exact) mass is 436 g/mol. The van der Waals surface area contributed by atoms with Crippen LogP contribution in [0.5, 0.6) is 0 Å². The molecule has 9 heteroatoms. The molecule has 33 heavy (non-hydrogen) atoms. The summed E-state index contributed by atoms with van der Waals surface area (Å²) in [5, 5.41) is 12.0. The summed E-state index contributed by atoms with van der Waals surface area (Å²) >= 11 is 0. The van der Waals surface area contributed by atoms with Gasteiger partial charge >= 0.3 is 6.03 Å². The number of hydrogen-bond donors (Lipinski definition) is 5. The van der Waals surface area contributed by atoms with Crippen LogP contribution in [0.1, 0.15) is 0 Å². The average molecular weight is 436 g/mol. The van der Waals surface area contributed by atoms with Crippen molar-refractivity contribution in [3.63, 3.8) is 0 Å². The first-order chi connectivity index (χ1) is 16.2. The van der Waals surface area contributed by atoms with Crippen LogP contribution in [0.15, 0.2) is 91.4 Å². The van der Waals surface area contributed by atoms with Crippen molar-refractivity contribution < 1.29 is 4.79 Å². The first-order valence-electron chi connectivity index (χ1n) is 10.2. The summed E-state index contributed by atoms with van der Waals surface area (Å²) in [5.41, 5.74) is 4.81. The molecule has 2 aromatic heterocycles. The number of fused-ring (bicyclic) bond motifs is 1. The number of para-hydroxylation sites is 1. The van der Waals surface area contributed by atoms with Gasteiger partial charge in [-0.15, -0.1) is 0 Å². The lowest BCUT2D eigenvalue weighted by molar-refractivity contribution is 0.262. The van der Waals surface area contributed by atoms with Crippen molar-refractivity contribution in [2.45, 2.75) is 0 Å². The van der Waals surface area contributed by atoms with E-state index in [4.69, 9.17) is 0 Å². The van der Waals surface area contributed by atoms with Crippen LogP contribution >= 0.6 is 0 Å². The molecule has 2 amide bonds. The van der Waals surface area contributed by atoms with Crippen LogP contribution in [-0.2, 0) is 0 Å². The van der Waals surface area contributed by atoms with Crippen LogP contribution in [0.3, 0.4) is 0 Å². The second-order valence-electron chi connectivity index (χ2n) is 7.18. The Labute approximate surface area is 189 Å². The van der Waals surface area contributed by atoms with E-state index in [-0.39, 0.29) is 6.03 Å². The number of aromatic nitrogens is 4. The first-order valence-corrected chi connectivity index (χ1v) is 10.2. The summed E-state index contributed by atoms with van der Waals surface area (Å²) in [6.45, 7) is 0. The van der Waals surface area contributed by atoms with Crippen molar-refractivity contribution in [1.82, 2.24) is 19.9 Å². The smallest absolute Gasteiger partial charge is 0.323 e. The molecular weight excluding hydrogens is 416 g/mol. The average Bonchev–Trinajstić information content (AvgIpc) is 3.28. The molecule has 162 valence electrons. The van der Waals surface area contributed by atoms with Crippen LogP contribution in [0, 0.1) is 0 Å². The highest BCUT2D eigenvalue weighted by atomic mass is 16.2. The number of rotatable bonds is 6. The van der Waals surface area contributed by atoms with Gasteiger partial charge in [0.15, 0.2) is 0 Å². The van der Waals surface area contributed by atoms with Gasteiger partial charge in [0.25, 0.3) is 0 Å². The minimum absolute atomic E-state index is 0.324. The molecule has 0 aliphatic rings. The quantitative estimate of drug-likeness (QED) is 0.240. The van der Waals surface area contributed by atoms with Gasteiger partial charge < -0.3 is 26.3 Å². The van der Waals surface area contributed by atoms with E-state index in [9.17, 15) is 4.79 Å². The zero-order valence-corrected chi connectivity index (χ0v) is 17.4. The molecule has 2 heterocycles. The maximum absolute atomic E-state index is 12.3. The summed E-state index contributed by atoms with van der Waals surface area (Å²) in [6.07, 6.45) is 3.33. The van der Waals surface area contributed by atoms with Gasteiger partial charge in [0.1, 0.15) is 5.82 Å². The predicted octanol–water partition coefficient (Wildman–Crippen LogP) is 5.48. The summed E-state index contributed by atoms with van der Waals surface area (Å²) in [6, 6.07) is 23.9. The van der Waals surface area contributed by atoms with E-state index in [1.165, 1.54) is 0 Å². The molecule has 5 rings (SSSR count). The lowest BCUT2D eigenvalue weighted by Crippen LogP contribution is -2.19. The Morgan fingerprint density at radius 1 is 0.727 bits per heavy atom. The lowest BCUT2D eigenvalue weighted by atomic mass is 10.2. The first kappa shape index (κ1) is 20.0. The Balaban J connectivity index is 1.25. The Morgan fingerprint density at radius 2 is 1.52 bits per heavy atom. The number of H-pyrrole nitrogens is 1. The zero-order valence-electron chi connectivity index (χ0n) is 17.4. The molecule has 0 radical (unpaired) electrons. The molecule has 3 aromatic carbocycles. The van der Waals surface area contributed by atoms with Crippen molar-refractivity contribution in [3.05, 3.63) is 91.4 Å². The highest BCUT2D eigenvalue weighted by Gasteiger charge is 2.06. The fourth-order valence-electron chi connectivity index (χ4n) is 3.27. The molecule has 0 spiro atoms. The largest absolute Gasteiger partial charge is 0.345 e. The molecule has 0 aliphatic carbocycles. The third kappa shape index (κ3) is 5.05. The molecule has 0 saturated carbocycles. The molecule has 5 aromatic rings. The van der Waals surface area contributed by atoms with Crippen LogP contribution in [0.2, 0.25) is 0 Å². The number of anilines is 6. The molecular formula is C24H20N8O. The van der Waals surface area contributed by atoms with E-state index in [0.29, 0.717) is 23.1 Å². The molecule has 0 bridgehead atoms. The van der Waals surface area contributed by atoms with Gasteiger partial charge in [-0.3, -0.25) is 0 Å². The fourth-order valence-corrected chi connectivity index (χ4v) is 3.27. The third-order valence-electron chi connectivity index (χ3n) is 4.76. The maximum Gasteiger partial charge on any atom is 0.323 e. The predicted molar refractivity (Wildman–Crippen MR) is 130 cm³/mol. The minimum atomic E-state index is -0.324. The third-order valence-corrected chi connectivity index (χ3v) is 4.76. The summed E-state index contributed by atoms with van der Waals surface area (Å²) in [4.78, 5) is 28.4. The Morgan fingerprint density at radius 3 is 2.42 bits per heavy atom. The number of urea groups is 1. The van der Waals surface area contributed by atoms with Gasteiger partial charge in [0.2, 0.25) is 5.95 Å². The molecule has 0 atom stereocenters.